The van der Waals surface area contributed by atoms with Crippen LogP contribution in [0, 0.1) is 0 Å². The van der Waals surface area contributed by atoms with Gasteiger partial charge >= 0.3 is 0 Å². The largest absolute Gasteiger partial charge is 0.495 e. The maximum Gasteiger partial charge on any atom is 0.241 e. The molecule has 0 heterocycles. The van der Waals surface area contributed by atoms with Crippen molar-refractivity contribution >= 4 is 23.2 Å². The summed E-state index contributed by atoms with van der Waals surface area (Å²) in [5.74, 6) is 1.71. The SMILES string of the molecule is COc1ccc(Cl)cc1NC(=O)[C@H](C)N(C)Cc1cccc(OC)c1OC. The Morgan fingerprint density at radius 3 is 2.44 bits per heavy atom. The summed E-state index contributed by atoms with van der Waals surface area (Å²) in [4.78, 5) is 14.6. The Kier molecular flexibility index (Phi) is 7.33. The Labute approximate surface area is 165 Å². The molecule has 0 bridgehead atoms. The number of amides is 1. The number of hydrogen-bond acceptors (Lipinski definition) is 5. The van der Waals surface area contributed by atoms with Gasteiger partial charge < -0.3 is 19.5 Å². The molecule has 2 rings (SSSR count). The topological polar surface area (TPSA) is 60.0 Å². The molecule has 0 spiro atoms. The standard InChI is InChI=1S/C20H25ClN2O4/c1-13(20(24)22-16-11-15(21)9-10-17(16)25-3)23(2)12-14-7-6-8-18(26-4)19(14)27-5/h6-11,13H,12H2,1-5H3,(H,22,24)/t13-/m0/s1. The number of methoxy groups -OCH3 is 3. The van der Waals surface area contributed by atoms with E-state index in [1.54, 1.807) is 39.5 Å². The van der Waals surface area contributed by atoms with Crippen molar-refractivity contribution in [3.05, 3.63) is 47.0 Å². The molecule has 0 aliphatic rings. The van der Waals surface area contributed by atoms with Crippen LogP contribution in [-0.2, 0) is 11.3 Å². The van der Waals surface area contributed by atoms with Gasteiger partial charge in [-0.25, -0.2) is 0 Å². The summed E-state index contributed by atoms with van der Waals surface area (Å²) < 4.78 is 16.1. The van der Waals surface area contributed by atoms with E-state index in [-0.39, 0.29) is 5.91 Å². The molecule has 27 heavy (non-hydrogen) atoms. The van der Waals surface area contributed by atoms with Crippen molar-refractivity contribution in [1.29, 1.82) is 0 Å². The molecule has 0 aliphatic carbocycles. The molecule has 146 valence electrons. The third-order valence-electron chi connectivity index (χ3n) is 4.36. The van der Waals surface area contributed by atoms with E-state index in [4.69, 9.17) is 25.8 Å². The predicted octanol–water partition coefficient (Wildman–Crippen LogP) is 3.82. The summed E-state index contributed by atoms with van der Waals surface area (Å²) in [7, 11) is 6.62. The quantitative estimate of drug-likeness (QED) is 0.739. The predicted molar refractivity (Wildman–Crippen MR) is 107 cm³/mol. The number of para-hydroxylation sites is 1. The van der Waals surface area contributed by atoms with Gasteiger partial charge in [0.1, 0.15) is 5.75 Å². The van der Waals surface area contributed by atoms with Crippen LogP contribution >= 0.6 is 11.6 Å². The van der Waals surface area contributed by atoms with Gasteiger partial charge in [-0.1, -0.05) is 23.7 Å². The van der Waals surface area contributed by atoms with Crippen molar-refractivity contribution in [1.82, 2.24) is 4.90 Å². The molecule has 0 saturated carbocycles. The number of hydrogen-bond donors (Lipinski definition) is 1. The van der Waals surface area contributed by atoms with Gasteiger partial charge in [0.05, 0.1) is 33.1 Å². The zero-order valence-electron chi connectivity index (χ0n) is 16.2. The van der Waals surface area contributed by atoms with Crippen LogP contribution in [0.5, 0.6) is 17.2 Å². The fourth-order valence-electron chi connectivity index (χ4n) is 2.70. The van der Waals surface area contributed by atoms with E-state index in [1.165, 1.54) is 0 Å². The minimum absolute atomic E-state index is 0.167. The molecule has 6 nitrogen and oxygen atoms in total. The van der Waals surface area contributed by atoms with Crippen LogP contribution < -0.4 is 19.5 Å². The van der Waals surface area contributed by atoms with Crippen LogP contribution in [0.3, 0.4) is 0 Å². The molecule has 1 atom stereocenters. The Balaban J connectivity index is 2.12. The smallest absolute Gasteiger partial charge is 0.241 e. The lowest BCUT2D eigenvalue weighted by molar-refractivity contribution is -0.120. The van der Waals surface area contributed by atoms with Gasteiger partial charge in [0, 0.05) is 17.1 Å². The van der Waals surface area contributed by atoms with Crippen molar-refractivity contribution < 1.29 is 19.0 Å². The number of nitrogens with zero attached hydrogens (tertiary/aromatic N) is 1. The minimum Gasteiger partial charge on any atom is -0.495 e. The second-order valence-corrected chi connectivity index (χ2v) is 6.51. The summed E-state index contributed by atoms with van der Waals surface area (Å²) >= 11 is 6.03. The number of benzene rings is 2. The average molecular weight is 393 g/mol. The molecule has 0 aromatic heterocycles. The fraction of sp³-hybridized carbons (Fsp3) is 0.350. The number of carbonyl (C=O) groups excluding carboxylic acids is 1. The molecule has 0 aliphatic heterocycles. The number of likely N-dealkylation sites (N-methyl/N-ethyl adjacent to an activating group) is 1. The number of halogens is 1. The summed E-state index contributed by atoms with van der Waals surface area (Å²) in [6.07, 6.45) is 0. The normalized spacial score (nSPS) is 11.8. The van der Waals surface area contributed by atoms with Crippen LogP contribution in [0.1, 0.15) is 12.5 Å². The Morgan fingerprint density at radius 1 is 1.11 bits per heavy atom. The highest BCUT2D eigenvalue weighted by molar-refractivity contribution is 6.31. The number of nitrogens with one attached hydrogen (secondary N) is 1. The molecule has 1 N–H and O–H groups in total. The van der Waals surface area contributed by atoms with Crippen molar-refractivity contribution in [3.63, 3.8) is 0 Å². The van der Waals surface area contributed by atoms with Gasteiger partial charge in [-0.3, -0.25) is 9.69 Å². The zero-order chi connectivity index (χ0) is 20.0. The molecule has 0 saturated heterocycles. The van der Waals surface area contributed by atoms with Gasteiger partial charge in [-0.15, -0.1) is 0 Å². The third-order valence-corrected chi connectivity index (χ3v) is 4.60. The number of ether oxygens (including phenoxy) is 3. The van der Waals surface area contributed by atoms with E-state index >= 15 is 0 Å². The monoisotopic (exact) mass is 392 g/mol. The van der Waals surface area contributed by atoms with Crippen molar-refractivity contribution in [2.75, 3.05) is 33.7 Å². The number of rotatable bonds is 8. The van der Waals surface area contributed by atoms with E-state index in [2.05, 4.69) is 5.32 Å². The molecule has 1 amide bonds. The second kappa shape index (κ2) is 9.48. The van der Waals surface area contributed by atoms with Crippen molar-refractivity contribution in [2.24, 2.45) is 0 Å². The van der Waals surface area contributed by atoms with Crippen molar-refractivity contribution in [3.8, 4) is 17.2 Å². The maximum atomic E-state index is 12.7. The second-order valence-electron chi connectivity index (χ2n) is 6.08. The maximum absolute atomic E-state index is 12.7. The molecule has 0 fully saturated rings. The van der Waals surface area contributed by atoms with E-state index in [1.807, 2.05) is 37.1 Å². The van der Waals surface area contributed by atoms with Gasteiger partial charge in [-0.2, -0.15) is 0 Å². The first-order valence-electron chi connectivity index (χ1n) is 8.45. The van der Waals surface area contributed by atoms with E-state index in [9.17, 15) is 4.79 Å². The van der Waals surface area contributed by atoms with Gasteiger partial charge in [0.25, 0.3) is 0 Å². The van der Waals surface area contributed by atoms with Crippen LogP contribution in [-0.4, -0.2) is 45.2 Å². The lowest BCUT2D eigenvalue weighted by Gasteiger charge is -2.25. The Morgan fingerprint density at radius 2 is 1.81 bits per heavy atom. The molecule has 2 aromatic carbocycles. The van der Waals surface area contributed by atoms with Crippen LogP contribution in [0.2, 0.25) is 5.02 Å². The van der Waals surface area contributed by atoms with E-state index in [0.717, 1.165) is 5.56 Å². The van der Waals surface area contributed by atoms with Crippen molar-refractivity contribution in [2.45, 2.75) is 19.5 Å². The average Bonchev–Trinajstić information content (AvgIpc) is 2.67. The van der Waals surface area contributed by atoms with E-state index in [0.29, 0.717) is 34.5 Å². The molecule has 0 unspecified atom stereocenters. The van der Waals surface area contributed by atoms with E-state index < -0.39 is 6.04 Å². The molecule has 7 heteroatoms. The Hall–Kier alpha value is -2.44. The highest BCUT2D eigenvalue weighted by atomic mass is 35.5. The lowest BCUT2D eigenvalue weighted by atomic mass is 10.1. The van der Waals surface area contributed by atoms with Crippen LogP contribution in [0.4, 0.5) is 5.69 Å². The highest BCUT2D eigenvalue weighted by Crippen LogP contribution is 2.32. The Bertz CT molecular complexity index is 798. The third kappa shape index (κ3) is 5.05. The number of anilines is 1. The first kappa shape index (κ1) is 20.9. The van der Waals surface area contributed by atoms with Crippen LogP contribution in [0.25, 0.3) is 0 Å². The molecule has 0 radical (unpaired) electrons. The first-order valence-corrected chi connectivity index (χ1v) is 8.83. The first-order chi connectivity index (χ1) is 12.9. The highest BCUT2D eigenvalue weighted by Gasteiger charge is 2.21. The molecular weight excluding hydrogens is 368 g/mol. The van der Waals surface area contributed by atoms with Gasteiger partial charge in [-0.05, 0) is 38.2 Å². The molecular formula is C20H25ClN2O4. The molecule has 2 aromatic rings. The van der Waals surface area contributed by atoms with Gasteiger partial charge in [0.2, 0.25) is 5.91 Å². The number of carbonyl (C=O) groups is 1. The fourth-order valence-corrected chi connectivity index (χ4v) is 2.87. The van der Waals surface area contributed by atoms with Crippen LogP contribution in [0.15, 0.2) is 36.4 Å². The summed E-state index contributed by atoms with van der Waals surface area (Å²) in [6, 6.07) is 10.4. The summed E-state index contributed by atoms with van der Waals surface area (Å²) in [5.41, 5.74) is 1.47. The summed E-state index contributed by atoms with van der Waals surface area (Å²) in [5, 5.41) is 3.40. The minimum atomic E-state index is -0.399. The summed E-state index contributed by atoms with van der Waals surface area (Å²) in [6.45, 7) is 2.35. The lowest BCUT2D eigenvalue weighted by Crippen LogP contribution is -2.39. The van der Waals surface area contributed by atoms with Gasteiger partial charge in [0.15, 0.2) is 11.5 Å². The zero-order valence-corrected chi connectivity index (χ0v) is 17.0.